The van der Waals surface area contributed by atoms with Crippen molar-refractivity contribution in [3.05, 3.63) is 65.3 Å². The molecule has 1 saturated carbocycles. The van der Waals surface area contributed by atoms with E-state index < -0.39 is 10.0 Å². The third-order valence-electron chi connectivity index (χ3n) is 5.60. The molecule has 126 valence electrons. The summed E-state index contributed by atoms with van der Waals surface area (Å²) >= 11 is 0. The monoisotopic (exact) mass is 341 g/mol. The molecule has 0 aromatic heterocycles. The number of hydrogen-bond acceptors (Lipinski definition) is 2. The second kappa shape index (κ2) is 5.71. The van der Waals surface area contributed by atoms with Gasteiger partial charge in [0.05, 0.1) is 4.90 Å². The van der Waals surface area contributed by atoms with Crippen LogP contribution in [-0.4, -0.2) is 25.8 Å². The fourth-order valence-corrected chi connectivity index (χ4v) is 5.80. The van der Waals surface area contributed by atoms with Gasteiger partial charge in [0, 0.05) is 19.0 Å². The first-order chi connectivity index (χ1) is 11.5. The molecule has 3 nitrogen and oxygen atoms in total. The minimum Gasteiger partial charge on any atom is -0.207 e. The number of rotatable bonds is 2. The van der Waals surface area contributed by atoms with Crippen molar-refractivity contribution in [3.8, 4) is 0 Å². The molecular formula is C20H23NO2S. The lowest BCUT2D eigenvalue weighted by atomic mass is 9.66. The van der Waals surface area contributed by atoms with Crippen LogP contribution >= 0.6 is 0 Å². The number of hydrogen-bond donors (Lipinski definition) is 0. The quantitative estimate of drug-likeness (QED) is 0.767. The summed E-state index contributed by atoms with van der Waals surface area (Å²) in [5.74, 6) is 0.770. The zero-order valence-corrected chi connectivity index (χ0v) is 14.8. The molecule has 24 heavy (non-hydrogen) atoms. The van der Waals surface area contributed by atoms with Crippen molar-refractivity contribution in [2.75, 3.05) is 13.1 Å². The second-order valence-corrected chi connectivity index (χ2v) is 9.10. The van der Waals surface area contributed by atoms with Crippen molar-refractivity contribution in [1.82, 2.24) is 4.31 Å². The summed E-state index contributed by atoms with van der Waals surface area (Å²) in [6.07, 6.45) is 7.41. The van der Waals surface area contributed by atoms with Crippen LogP contribution in [0, 0.1) is 18.8 Å². The van der Waals surface area contributed by atoms with E-state index in [9.17, 15) is 8.42 Å². The maximum absolute atomic E-state index is 13.1. The van der Waals surface area contributed by atoms with Crippen LogP contribution in [0.15, 0.2) is 64.6 Å². The molecule has 0 bridgehead atoms. The number of piperidine rings is 1. The van der Waals surface area contributed by atoms with Gasteiger partial charge in [0.2, 0.25) is 10.0 Å². The average Bonchev–Trinajstić information content (AvgIpc) is 2.58. The SMILES string of the molecule is C=C1CC[C@@H]2CN(S(=O)(=O)c3ccc(C)cc3)CC3=CCC=C1[C@H]32. The summed E-state index contributed by atoms with van der Waals surface area (Å²) in [4.78, 5) is 0.402. The predicted octanol–water partition coefficient (Wildman–Crippen LogP) is 3.84. The minimum absolute atomic E-state index is 0.377. The first-order valence-electron chi connectivity index (χ1n) is 8.61. The van der Waals surface area contributed by atoms with E-state index in [1.165, 1.54) is 16.7 Å². The summed E-state index contributed by atoms with van der Waals surface area (Å²) < 4.78 is 27.8. The van der Waals surface area contributed by atoms with E-state index in [2.05, 4.69) is 18.7 Å². The largest absolute Gasteiger partial charge is 0.243 e. The van der Waals surface area contributed by atoms with E-state index in [1.54, 1.807) is 16.4 Å². The average molecular weight is 341 g/mol. The van der Waals surface area contributed by atoms with Crippen LogP contribution in [0.25, 0.3) is 0 Å². The van der Waals surface area contributed by atoms with Crippen molar-refractivity contribution >= 4 is 10.0 Å². The van der Waals surface area contributed by atoms with Gasteiger partial charge in [-0.2, -0.15) is 4.31 Å². The number of nitrogens with zero attached hydrogens (tertiary/aromatic N) is 1. The van der Waals surface area contributed by atoms with Gasteiger partial charge in [-0.25, -0.2) is 8.42 Å². The minimum atomic E-state index is -3.43. The number of aryl methyl sites for hydroxylation is 1. The van der Waals surface area contributed by atoms with Crippen LogP contribution in [0.4, 0.5) is 0 Å². The van der Waals surface area contributed by atoms with Crippen LogP contribution in [0.3, 0.4) is 0 Å². The predicted molar refractivity (Wildman–Crippen MR) is 96.1 cm³/mol. The van der Waals surface area contributed by atoms with E-state index in [0.717, 1.165) is 24.8 Å². The van der Waals surface area contributed by atoms with Crippen molar-refractivity contribution in [1.29, 1.82) is 0 Å². The van der Waals surface area contributed by atoms with Crippen molar-refractivity contribution < 1.29 is 8.42 Å². The van der Waals surface area contributed by atoms with Crippen LogP contribution in [-0.2, 0) is 10.0 Å². The Morgan fingerprint density at radius 1 is 1.17 bits per heavy atom. The lowest BCUT2D eigenvalue weighted by Crippen LogP contribution is -2.47. The van der Waals surface area contributed by atoms with Crippen molar-refractivity contribution in [2.45, 2.75) is 31.1 Å². The lowest BCUT2D eigenvalue weighted by molar-refractivity contribution is 0.238. The third kappa shape index (κ3) is 2.49. The van der Waals surface area contributed by atoms with Gasteiger partial charge in [0.15, 0.2) is 0 Å². The maximum Gasteiger partial charge on any atom is 0.243 e. The van der Waals surface area contributed by atoms with E-state index in [-0.39, 0.29) is 0 Å². The number of sulfonamides is 1. The lowest BCUT2D eigenvalue weighted by Gasteiger charge is -2.45. The Morgan fingerprint density at radius 3 is 2.67 bits per heavy atom. The Bertz CT molecular complexity index is 846. The number of benzene rings is 1. The van der Waals surface area contributed by atoms with Crippen LogP contribution < -0.4 is 0 Å². The van der Waals surface area contributed by atoms with Gasteiger partial charge in [-0.15, -0.1) is 0 Å². The van der Waals surface area contributed by atoms with Gasteiger partial charge in [-0.1, -0.05) is 47.6 Å². The molecule has 3 aliphatic rings. The first-order valence-corrected chi connectivity index (χ1v) is 10.0. The smallest absolute Gasteiger partial charge is 0.207 e. The Hall–Kier alpha value is -1.65. The highest BCUT2D eigenvalue weighted by Gasteiger charge is 2.42. The Balaban J connectivity index is 1.66. The van der Waals surface area contributed by atoms with Crippen molar-refractivity contribution in [3.63, 3.8) is 0 Å². The summed E-state index contributed by atoms with van der Waals surface area (Å²) in [6.45, 7) is 7.32. The molecule has 4 rings (SSSR count). The standard InChI is InChI=1S/C20H23NO2S/c1-14-6-10-18(11-7-14)24(22,23)21-12-16-4-3-5-19-15(2)8-9-17(13-21)20(16)19/h4-7,10-11,17,20H,2-3,8-9,12-13H2,1H3/t17-,20-/m1/s1. The molecule has 2 fully saturated rings. The van der Waals surface area contributed by atoms with Gasteiger partial charge in [-0.05, 0) is 49.8 Å². The molecule has 2 aliphatic carbocycles. The normalized spacial score (nSPS) is 27.3. The third-order valence-corrected chi connectivity index (χ3v) is 7.43. The Kier molecular flexibility index (Phi) is 3.77. The Morgan fingerprint density at radius 2 is 1.92 bits per heavy atom. The summed E-state index contributed by atoms with van der Waals surface area (Å²) in [5.41, 5.74) is 4.95. The summed E-state index contributed by atoms with van der Waals surface area (Å²) in [7, 11) is -3.43. The molecule has 0 N–H and O–H groups in total. The fourth-order valence-electron chi connectivity index (χ4n) is 4.31. The maximum atomic E-state index is 13.1. The van der Waals surface area contributed by atoms with E-state index in [0.29, 0.717) is 29.8 Å². The highest BCUT2D eigenvalue weighted by Crippen LogP contribution is 2.47. The molecule has 1 heterocycles. The molecule has 1 aromatic rings. The van der Waals surface area contributed by atoms with E-state index >= 15 is 0 Å². The van der Waals surface area contributed by atoms with Gasteiger partial charge in [0.1, 0.15) is 0 Å². The molecule has 0 radical (unpaired) electrons. The van der Waals surface area contributed by atoms with Crippen LogP contribution in [0.2, 0.25) is 0 Å². The topological polar surface area (TPSA) is 37.4 Å². The number of allylic oxidation sites excluding steroid dienone is 4. The molecule has 1 saturated heterocycles. The Labute approximate surface area is 144 Å². The van der Waals surface area contributed by atoms with Crippen LogP contribution in [0.1, 0.15) is 24.8 Å². The molecule has 0 amide bonds. The van der Waals surface area contributed by atoms with Crippen molar-refractivity contribution in [2.24, 2.45) is 11.8 Å². The zero-order chi connectivity index (χ0) is 16.9. The fraction of sp³-hybridized carbons (Fsp3) is 0.400. The van der Waals surface area contributed by atoms with E-state index in [4.69, 9.17) is 0 Å². The first kappa shape index (κ1) is 15.9. The molecule has 4 heteroatoms. The van der Waals surface area contributed by atoms with Gasteiger partial charge < -0.3 is 0 Å². The molecular weight excluding hydrogens is 318 g/mol. The molecule has 1 aromatic carbocycles. The molecule has 2 atom stereocenters. The molecule has 0 spiro atoms. The summed E-state index contributed by atoms with van der Waals surface area (Å²) in [5, 5.41) is 0. The van der Waals surface area contributed by atoms with E-state index in [1.807, 2.05) is 19.1 Å². The molecule has 1 aliphatic heterocycles. The van der Waals surface area contributed by atoms with Crippen LogP contribution in [0.5, 0.6) is 0 Å². The zero-order valence-electron chi connectivity index (χ0n) is 14.0. The second-order valence-electron chi connectivity index (χ2n) is 7.16. The molecule has 0 unspecified atom stereocenters. The summed E-state index contributed by atoms with van der Waals surface area (Å²) in [6, 6.07) is 7.18. The van der Waals surface area contributed by atoms with Gasteiger partial charge in [0.25, 0.3) is 0 Å². The highest BCUT2D eigenvalue weighted by molar-refractivity contribution is 7.89. The van der Waals surface area contributed by atoms with Gasteiger partial charge >= 0.3 is 0 Å². The van der Waals surface area contributed by atoms with Gasteiger partial charge in [-0.3, -0.25) is 0 Å². The highest BCUT2D eigenvalue weighted by atomic mass is 32.2.